The Morgan fingerprint density at radius 2 is 0.444 bits per heavy atom. The van der Waals surface area contributed by atoms with E-state index in [0.29, 0.717) is 0 Å². The van der Waals surface area contributed by atoms with Gasteiger partial charge in [-0.15, -0.1) is 0 Å². The lowest BCUT2D eigenvalue weighted by Gasteiger charge is -2.26. The molecule has 660 valence electrons. The Labute approximate surface area is 938 Å². The molecule has 0 aliphatic heterocycles. The van der Waals surface area contributed by atoms with Crippen LogP contribution < -0.4 is 0 Å². The molecule has 0 atom stereocenters. The summed E-state index contributed by atoms with van der Waals surface area (Å²) in [6.45, 7) is -8.00. The van der Waals surface area contributed by atoms with Crippen LogP contribution >= 0.6 is 0 Å². The van der Waals surface area contributed by atoms with E-state index in [0.717, 1.165) is 0 Å². The Hall–Kier alpha value is -18.3. The lowest BCUT2D eigenvalue weighted by atomic mass is 9.77. The van der Waals surface area contributed by atoms with E-state index < -0.39 is 809 Å². The molecular weight excluding hydrogens is 1720 g/mol. The third-order valence-electron chi connectivity index (χ3n) is 24.3. The molecule has 3 heterocycles. The predicted octanol–water partition coefficient (Wildman–Crippen LogP) is 39.7. The van der Waals surface area contributed by atoms with E-state index in [1.165, 1.54) is 0 Å². The van der Waals surface area contributed by atoms with Gasteiger partial charge in [0.05, 0.1) is 110 Å². The van der Waals surface area contributed by atoms with Gasteiger partial charge in [-0.3, -0.25) is 0 Å². The largest absolute Gasteiger partial charge is 0.455 e. The summed E-state index contributed by atoms with van der Waals surface area (Å²) in [5, 5.41) is -20.4. The third-order valence-corrected chi connectivity index (χ3v) is 24.3. The molecule has 0 unspecified atom stereocenters. The molecule has 1 aliphatic rings. The Balaban J connectivity index is 0.000000144. The number of benzene rings is 27. The van der Waals surface area contributed by atoms with Crippen molar-refractivity contribution in [3.8, 4) is 89.0 Å². The lowest BCUT2D eigenvalue weighted by Crippen LogP contribution is -2.16. The molecule has 142 heavy (non-hydrogen) atoms. The van der Waals surface area contributed by atoms with Crippen LogP contribution in [0.4, 0.5) is 0 Å². The highest BCUT2D eigenvalue weighted by molar-refractivity contribution is 6.30. The summed E-state index contributed by atoms with van der Waals surface area (Å²) in [4.78, 5) is 0. The molecule has 0 spiro atoms. The van der Waals surface area contributed by atoms with Crippen molar-refractivity contribution < 1.29 is 131 Å². The number of rotatable bonds is 7. The molecule has 0 saturated carbocycles. The number of furan rings is 3. The van der Waals surface area contributed by atoms with Gasteiger partial charge in [-0.05, 0) is 297 Å². The van der Waals surface area contributed by atoms with Gasteiger partial charge in [-0.25, -0.2) is 0 Å². The van der Waals surface area contributed by atoms with Crippen molar-refractivity contribution in [1.82, 2.24) is 0 Å². The standard InChI is InChI=1S/C50H30O.C45H30O.C44H26O/c1-2-10-31(11-3-1)33-21-24-38-34(28-33)18-19-35-29-36(22-25-39(35)38)48-41-14-6-8-16-43(41)49(44-17-9-7-15-42(44)48)37-23-27-47-46(30-37)45-26-20-32-12-4-5-13-40(32)50(45)51-47;1-45(2)39-21-10-9-14-30(39)35-19-11-20-37(43(35)45)42-33-17-7-5-15-31(33)41(32-16-6-8-18-34(32)42)28-23-25-40-38(26-28)36-24-22-27-12-3-4-13-29(27)44(36)46-40;1-4-14-31-27(11-1)21-23-38-39-26-29(22-24-41(39)45-44(31)38)42-34-17-7-9-19-36(34)43(37-20-10-8-18-35(37)42)40-25-28-12-2-3-13-30(28)32-15-5-6-16-33(32)40/h1-30H;3-26H,1-2H3;1-26H/i1D,2D,3D,4D,5D,6D,7D,8D,9D,10D,11D,12D,13D,14D,15D,16D,17D,18D,19D,20D,21D,22D,23D,24D,25D,26D,27D,28D,29D,30D;1D3,2D3,3D,4D,5D,6D,7D,8D,9D,10D,11D,12D,13D,14D,15D,16D,17D,18D,19D,20D,21D,22D,23D,24D,25D,26D;1D,2D,3D,4D,5D,6D,7D,8D,9D,10D,11D,12D,13D,14D,15D,16D,17D,18D,19D,20D,21D,22D,23D,24D,25D,26D. The van der Waals surface area contributed by atoms with Crippen LogP contribution in [0.15, 0.2) is 497 Å². The normalized spacial score (nSPS) is 21.2. The maximum Gasteiger partial charge on any atom is 0.143 e. The minimum Gasteiger partial charge on any atom is -0.455 e. The summed E-state index contributed by atoms with van der Waals surface area (Å²) in [6, 6.07) is -75.1. The van der Waals surface area contributed by atoms with Crippen molar-refractivity contribution in [3.63, 3.8) is 0 Å². The highest BCUT2D eigenvalue weighted by Crippen LogP contribution is 2.57. The average Bonchev–Trinajstić information content (AvgIpc) is 0.715. The van der Waals surface area contributed by atoms with Crippen molar-refractivity contribution in [2.24, 2.45) is 0 Å². The molecule has 0 radical (unpaired) electrons. The first kappa shape index (κ1) is 33.0. The third kappa shape index (κ3) is 12.5. The quantitative estimate of drug-likeness (QED) is 0.118. The second-order valence-electron chi connectivity index (χ2n) is 31.8. The van der Waals surface area contributed by atoms with E-state index in [1.807, 2.05) is 0 Å². The fraction of sp³-hybridized carbons (Fsp3) is 0.0216. The maximum absolute atomic E-state index is 9.88. The lowest BCUT2D eigenvalue weighted by molar-refractivity contribution is 0.662. The van der Waals surface area contributed by atoms with Crippen LogP contribution in [0, 0.1) is 0 Å². The molecule has 0 N–H and O–H groups in total. The first-order valence-corrected chi connectivity index (χ1v) is 42.2. The minimum absolute atomic E-state index is 0.407. The smallest absolute Gasteiger partial charge is 0.143 e. The molecule has 3 heteroatoms. The topological polar surface area (TPSA) is 39.4 Å². The van der Waals surface area contributed by atoms with Crippen molar-refractivity contribution >= 4 is 206 Å². The van der Waals surface area contributed by atoms with Crippen molar-refractivity contribution in [3.05, 3.63) is 495 Å². The molecule has 1 aliphatic carbocycles. The first-order chi connectivity index (χ1) is 106. The van der Waals surface area contributed by atoms with Crippen LogP contribution in [-0.4, -0.2) is 0 Å². The van der Waals surface area contributed by atoms with Gasteiger partial charge in [0.15, 0.2) is 0 Å². The van der Waals surface area contributed by atoms with Crippen LogP contribution in [0.3, 0.4) is 0 Å². The minimum atomic E-state index is -4.00. The van der Waals surface area contributed by atoms with Gasteiger partial charge in [-0.2, -0.15) is 0 Å². The molecule has 31 rings (SSSR count). The van der Waals surface area contributed by atoms with Crippen LogP contribution in [0.25, 0.3) is 295 Å². The van der Waals surface area contributed by atoms with Crippen molar-refractivity contribution in [2.75, 3.05) is 0 Å². The number of hydrogen-bond acceptors (Lipinski definition) is 3. The summed E-state index contributed by atoms with van der Waals surface area (Å²) in [5.74, 6) is 0. The maximum atomic E-state index is 9.88. The van der Waals surface area contributed by atoms with Crippen LogP contribution in [-0.2, 0) is 5.41 Å². The fourth-order valence-electron chi connectivity index (χ4n) is 18.3. The number of hydrogen-bond donors (Lipinski definition) is 0. The zero-order chi connectivity index (χ0) is 168. The fourth-order valence-corrected chi connectivity index (χ4v) is 18.3. The van der Waals surface area contributed by atoms with Crippen LogP contribution in [0.2, 0.25) is 0 Å². The van der Waals surface area contributed by atoms with E-state index >= 15 is 0 Å². The van der Waals surface area contributed by atoms with Gasteiger partial charge in [0.2, 0.25) is 0 Å². The molecule has 0 amide bonds. The molecule has 0 saturated heterocycles. The highest BCUT2D eigenvalue weighted by Gasteiger charge is 2.38. The van der Waals surface area contributed by atoms with E-state index in [2.05, 4.69) is 0 Å². The second kappa shape index (κ2) is 31.9. The summed E-state index contributed by atoms with van der Waals surface area (Å²) >= 11 is 0. The van der Waals surface area contributed by atoms with Crippen molar-refractivity contribution in [2.45, 2.75) is 19.1 Å². The summed E-state index contributed by atoms with van der Waals surface area (Å²) in [5.41, 5.74) is -22.5. The molecule has 27 aromatic carbocycles. The molecule has 3 nitrogen and oxygen atoms in total. The summed E-state index contributed by atoms with van der Waals surface area (Å²) in [7, 11) is 0. The highest BCUT2D eigenvalue weighted by atomic mass is 16.3. The monoisotopic (exact) mass is 1890 g/mol. The zero-order valence-corrected chi connectivity index (χ0v) is 70.7. The van der Waals surface area contributed by atoms with E-state index in [4.69, 9.17) is 85.9 Å². The van der Waals surface area contributed by atoms with Gasteiger partial charge in [0.25, 0.3) is 0 Å². The van der Waals surface area contributed by atoms with E-state index in [1.54, 1.807) is 0 Å². The molecule has 0 bridgehead atoms. The van der Waals surface area contributed by atoms with Gasteiger partial charge in [0.1, 0.15) is 33.5 Å². The summed E-state index contributed by atoms with van der Waals surface area (Å²) < 4.78 is 797. The van der Waals surface area contributed by atoms with Gasteiger partial charge in [-0.1, -0.05) is 425 Å². The molecular formula is C139H86O3. The van der Waals surface area contributed by atoms with Gasteiger partial charge >= 0.3 is 0 Å². The second-order valence-corrected chi connectivity index (χ2v) is 31.8. The Morgan fingerprint density at radius 3 is 0.866 bits per heavy atom. The van der Waals surface area contributed by atoms with Crippen LogP contribution in [0.5, 0.6) is 0 Å². The van der Waals surface area contributed by atoms with Crippen molar-refractivity contribution in [1.29, 1.82) is 0 Å². The SMILES string of the molecule is [2H]c1c(-c2c3c([2H])c([2H])c([2H])c([2H])c3c(-c3c([2H])c4c([2H])c([2H])c([2H])c([2H])c4c4c([2H])c([2H])c([2H])c([2H])c34)c3c([2H])c([2H])c([2H])c([2H])c23)c([2H])c2c(oc3c4c([2H])c([2H])c([2H])c([2H])c4c([2H])c([2H])c32)c1[2H].[2H]c1c([2H])c([2H])c(-c2c([2H])c([2H])c3c(c2[2H])c([2H])c([2H])c2c([2H])c(-c4c5c([2H])c([2H])c([2H])c([2H])c5c(-c5c([2H])c([2H])c6oc7c8c([2H])c([2H])c([2H])c([2H])c8c([2H])c([2H])c7c6c5[2H])c5c([2H])c([2H])c([2H])c([2H])c45)c([2H])c([2H])c23)c([2H])c1[2H].[2H]c1c([2H])c([2H])c2c(c1[2H])-c1c([2H])c([2H])c([2H])c(-c3c4c([2H])c([2H])c([2H])c([2H])c4c(-c4c([2H])c([2H])c5oc6c7c([2H])c([2H])c([2H])c([2H])c7c([2H])c([2H])c6c5c4[2H])c4c([2H])c([2H])c([2H])c([2H])c34)c1C2(C([2H])([2H])[2H])C([2H])([2H])[2H]. The first-order valence-electron chi connectivity index (χ1n) is 85.2. The Kier molecular flexibility index (Phi) is 7.41. The average molecular weight is 1890 g/mol. The Morgan fingerprint density at radius 1 is 0.162 bits per heavy atom. The van der Waals surface area contributed by atoms with E-state index in [9.17, 15) is 45.2 Å². The molecule has 0 fully saturated rings. The Bertz CT molecular complexity index is 15900. The number of fused-ring (bicyclic) bond motifs is 30. The summed E-state index contributed by atoms with van der Waals surface area (Å²) in [6.07, 6.45) is 0. The van der Waals surface area contributed by atoms with Gasteiger partial charge in [0, 0.05) is 62.1 Å². The van der Waals surface area contributed by atoms with Gasteiger partial charge < -0.3 is 13.3 Å². The predicted molar refractivity (Wildman–Crippen MR) is 604 cm³/mol. The van der Waals surface area contributed by atoms with Crippen LogP contribution in [0.1, 0.15) is 143 Å². The molecule has 30 aromatic rings. The van der Waals surface area contributed by atoms with E-state index in [-0.39, 0.29) is 0 Å². The zero-order valence-electron chi connectivity index (χ0n) is 157. The molecule has 3 aromatic heterocycles.